The minimum absolute atomic E-state index is 0.0306. The summed E-state index contributed by atoms with van der Waals surface area (Å²) >= 11 is 0. The number of ether oxygens (including phenoxy) is 1. The monoisotopic (exact) mass is 445 g/mol. The Kier molecular flexibility index (Phi) is 5.63. The Hall–Kier alpha value is -3.41. The number of nitrogens with one attached hydrogen (secondary N) is 1. The lowest BCUT2D eigenvalue weighted by Gasteiger charge is -2.35. The lowest BCUT2D eigenvalue weighted by Crippen LogP contribution is -2.49. The summed E-state index contributed by atoms with van der Waals surface area (Å²) < 4.78 is 34.8. The van der Waals surface area contributed by atoms with Crippen molar-refractivity contribution in [2.45, 2.75) is 11.8 Å². The van der Waals surface area contributed by atoms with Crippen molar-refractivity contribution < 1.29 is 17.9 Å². The number of carbonyl (C=O) groups is 1. The van der Waals surface area contributed by atoms with Crippen molar-refractivity contribution >= 4 is 38.8 Å². The van der Waals surface area contributed by atoms with Crippen molar-refractivity contribution in [1.29, 1.82) is 0 Å². The van der Waals surface area contributed by atoms with E-state index in [-0.39, 0.29) is 16.8 Å². The molecule has 1 N–H and O–H groups in total. The number of hydrogen-bond donors (Lipinski definition) is 1. The van der Waals surface area contributed by atoms with Crippen molar-refractivity contribution in [3.05, 3.63) is 36.7 Å². The molecule has 0 unspecified atom stereocenters. The fraction of sp³-hybridized carbons (Fsp3) is 0.368. The van der Waals surface area contributed by atoms with Gasteiger partial charge in [0, 0.05) is 39.4 Å². The molecule has 0 aliphatic carbocycles. The first-order chi connectivity index (χ1) is 14.9. The molecule has 0 bridgehead atoms. The SMILES string of the molecule is CCOC(=O)N1CCN(c2nc3ccccc3nc2NS(=O)(=O)c2cnn(C)c2)CC1. The van der Waals surface area contributed by atoms with Gasteiger partial charge in [-0.25, -0.2) is 23.2 Å². The number of amides is 1. The smallest absolute Gasteiger partial charge is 0.409 e. The highest BCUT2D eigenvalue weighted by molar-refractivity contribution is 7.92. The van der Waals surface area contributed by atoms with E-state index < -0.39 is 10.0 Å². The first-order valence-electron chi connectivity index (χ1n) is 9.82. The summed E-state index contributed by atoms with van der Waals surface area (Å²) in [6.07, 6.45) is 2.33. The zero-order valence-corrected chi connectivity index (χ0v) is 18.0. The van der Waals surface area contributed by atoms with Crippen molar-refractivity contribution in [3.8, 4) is 0 Å². The number of nitrogens with zero attached hydrogens (tertiary/aromatic N) is 6. The van der Waals surface area contributed by atoms with Crippen LogP contribution in [0.15, 0.2) is 41.6 Å². The molecule has 0 spiro atoms. The van der Waals surface area contributed by atoms with Crippen molar-refractivity contribution in [1.82, 2.24) is 24.6 Å². The number of benzene rings is 1. The van der Waals surface area contributed by atoms with Gasteiger partial charge >= 0.3 is 6.09 Å². The Morgan fingerprint density at radius 2 is 1.81 bits per heavy atom. The molecule has 2 aromatic heterocycles. The maximum Gasteiger partial charge on any atom is 0.409 e. The largest absolute Gasteiger partial charge is 0.450 e. The molecular weight excluding hydrogens is 422 g/mol. The van der Waals surface area contributed by atoms with Gasteiger partial charge in [-0.1, -0.05) is 12.1 Å². The first-order valence-corrected chi connectivity index (χ1v) is 11.3. The maximum absolute atomic E-state index is 12.9. The molecule has 3 heterocycles. The number of sulfonamides is 1. The second-order valence-electron chi connectivity index (χ2n) is 7.01. The lowest BCUT2D eigenvalue weighted by molar-refractivity contribution is 0.105. The molecule has 1 aliphatic rings. The summed E-state index contributed by atoms with van der Waals surface area (Å²) in [7, 11) is -2.26. The fourth-order valence-electron chi connectivity index (χ4n) is 3.32. The van der Waals surface area contributed by atoms with Crippen LogP contribution in [0.2, 0.25) is 0 Å². The number of hydrogen-bond acceptors (Lipinski definition) is 8. The normalized spacial score (nSPS) is 14.6. The molecule has 0 atom stereocenters. The predicted molar refractivity (Wildman–Crippen MR) is 114 cm³/mol. The van der Waals surface area contributed by atoms with E-state index in [1.165, 1.54) is 17.1 Å². The minimum atomic E-state index is -3.90. The zero-order chi connectivity index (χ0) is 22.0. The van der Waals surface area contributed by atoms with Gasteiger partial charge in [-0.2, -0.15) is 5.10 Å². The molecule has 31 heavy (non-hydrogen) atoms. The number of aromatic nitrogens is 4. The van der Waals surface area contributed by atoms with Gasteiger partial charge in [0.05, 0.1) is 23.8 Å². The average molecular weight is 446 g/mol. The van der Waals surface area contributed by atoms with Crippen LogP contribution in [0, 0.1) is 0 Å². The third-order valence-corrected chi connectivity index (χ3v) is 6.17. The topological polar surface area (TPSA) is 123 Å². The Balaban J connectivity index is 1.65. The van der Waals surface area contributed by atoms with Crippen LogP contribution in [0.25, 0.3) is 11.0 Å². The van der Waals surface area contributed by atoms with Gasteiger partial charge in [-0.3, -0.25) is 9.40 Å². The van der Waals surface area contributed by atoms with Gasteiger partial charge in [-0.05, 0) is 19.1 Å². The number of piperazine rings is 1. The number of para-hydroxylation sites is 2. The van der Waals surface area contributed by atoms with E-state index in [9.17, 15) is 13.2 Å². The molecule has 12 heteroatoms. The first kappa shape index (κ1) is 20.8. The maximum atomic E-state index is 12.9. The van der Waals surface area contributed by atoms with Crippen LogP contribution in [-0.2, 0) is 21.8 Å². The van der Waals surface area contributed by atoms with E-state index in [1.807, 2.05) is 23.1 Å². The molecule has 3 aromatic rings. The predicted octanol–water partition coefficient (Wildman–Crippen LogP) is 1.44. The van der Waals surface area contributed by atoms with Crippen molar-refractivity contribution in [2.75, 3.05) is 42.4 Å². The third-order valence-electron chi connectivity index (χ3n) is 4.88. The standard InChI is InChI=1S/C19H23N7O4S/c1-3-30-19(27)26-10-8-25(9-11-26)18-17(21-15-6-4-5-7-16(15)22-18)23-31(28,29)14-12-20-24(2)13-14/h4-7,12-13H,3,8-11H2,1-2H3,(H,21,23). The molecule has 1 amide bonds. The van der Waals surface area contributed by atoms with Gasteiger partial charge in [0.1, 0.15) is 4.90 Å². The van der Waals surface area contributed by atoms with Crippen molar-refractivity contribution in [3.63, 3.8) is 0 Å². The number of carbonyl (C=O) groups excluding carboxylic acids is 1. The molecule has 11 nitrogen and oxygen atoms in total. The van der Waals surface area contributed by atoms with Crippen LogP contribution >= 0.6 is 0 Å². The Morgan fingerprint density at radius 3 is 2.42 bits per heavy atom. The minimum Gasteiger partial charge on any atom is -0.450 e. The quantitative estimate of drug-likeness (QED) is 0.626. The van der Waals surface area contributed by atoms with Crippen LogP contribution in [0.3, 0.4) is 0 Å². The average Bonchev–Trinajstić information content (AvgIpc) is 3.21. The second-order valence-corrected chi connectivity index (χ2v) is 8.70. The summed E-state index contributed by atoms with van der Waals surface area (Å²) in [5.41, 5.74) is 1.22. The molecule has 164 valence electrons. The molecule has 1 aliphatic heterocycles. The van der Waals surface area contributed by atoms with Crippen LogP contribution < -0.4 is 9.62 Å². The molecule has 1 aromatic carbocycles. The number of fused-ring (bicyclic) bond motifs is 1. The molecule has 4 rings (SSSR count). The van der Waals surface area contributed by atoms with E-state index in [0.717, 1.165) is 0 Å². The molecule has 1 fully saturated rings. The highest BCUT2D eigenvalue weighted by Gasteiger charge is 2.27. The Bertz CT molecular complexity index is 1200. The van der Waals surface area contributed by atoms with E-state index in [0.29, 0.717) is 49.6 Å². The van der Waals surface area contributed by atoms with Crippen LogP contribution in [0.5, 0.6) is 0 Å². The lowest BCUT2D eigenvalue weighted by atomic mass is 10.3. The van der Waals surface area contributed by atoms with Crippen molar-refractivity contribution in [2.24, 2.45) is 7.05 Å². The summed E-state index contributed by atoms with van der Waals surface area (Å²) in [6.45, 7) is 3.88. The highest BCUT2D eigenvalue weighted by Crippen LogP contribution is 2.28. The van der Waals surface area contributed by atoms with E-state index in [2.05, 4.69) is 19.8 Å². The van der Waals surface area contributed by atoms with Gasteiger partial charge in [0.15, 0.2) is 11.6 Å². The van der Waals surface area contributed by atoms with E-state index >= 15 is 0 Å². The molecule has 0 saturated carbocycles. The van der Waals surface area contributed by atoms with Gasteiger partial charge in [0.25, 0.3) is 10.0 Å². The summed E-state index contributed by atoms with van der Waals surface area (Å²) in [5, 5.41) is 3.93. The fourth-order valence-corrected chi connectivity index (χ4v) is 4.31. The van der Waals surface area contributed by atoms with Gasteiger partial charge in [-0.15, -0.1) is 0 Å². The van der Waals surface area contributed by atoms with E-state index in [1.54, 1.807) is 24.9 Å². The van der Waals surface area contributed by atoms with Crippen LogP contribution in [0.4, 0.5) is 16.4 Å². The van der Waals surface area contributed by atoms with E-state index in [4.69, 9.17) is 4.74 Å². The molecular formula is C19H23N7O4S. The number of aryl methyl sites for hydroxylation is 1. The van der Waals surface area contributed by atoms with Gasteiger partial charge in [0.2, 0.25) is 0 Å². The third kappa shape index (κ3) is 4.38. The summed E-state index contributed by atoms with van der Waals surface area (Å²) in [5.74, 6) is 0.543. The Morgan fingerprint density at radius 1 is 1.13 bits per heavy atom. The summed E-state index contributed by atoms with van der Waals surface area (Å²) in [4.78, 5) is 24.7. The number of anilines is 2. The number of rotatable bonds is 5. The highest BCUT2D eigenvalue weighted by atomic mass is 32.2. The summed E-state index contributed by atoms with van der Waals surface area (Å²) in [6, 6.07) is 7.25. The second kappa shape index (κ2) is 8.38. The van der Waals surface area contributed by atoms with Crippen LogP contribution in [0.1, 0.15) is 6.92 Å². The molecule has 0 radical (unpaired) electrons. The Labute approximate surface area is 179 Å². The zero-order valence-electron chi connectivity index (χ0n) is 17.2. The van der Waals surface area contributed by atoms with Crippen LogP contribution in [-0.4, -0.2) is 71.9 Å². The molecule has 1 saturated heterocycles. The van der Waals surface area contributed by atoms with Gasteiger partial charge < -0.3 is 14.5 Å².